The van der Waals surface area contributed by atoms with E-state index >= 15 is 0 Å². The smallest absolute Gasteiger partial charge is 0.380 e. The molecule has 1 aromatic rings. The van der Waals surface area contributed by atoms with Crippen LogP contribution in [0.2, 0.25) is 0 Å². The molecular weight excluding hydrogens is 293 g/mol. The monoisotopic (exact) mass is 310 g/mol. The van der Waals surface area contributed by atoms with Gasteiger partial charge in [-0.2, -0.15) is 13.2 Å². The largest absolute Gasteiger partial charge is 0.417 e. The molecule has 0 bridgehead atoms. The molecule has 0 amide bonds. The van der Waals surface area contributed by atoms with E-state index in [1.807, 2.05) is 11.8 Å². The molecule has 1 fully saturated rings. The van der Waals surface area contributed by atoms with Crippen LogP contribution in [0.15, 0.2) is 10.2 Å². The van der Waals surface area contributed by atoms with Crippen LogP contribution in [0.5, 0.6) is 0 Å². The van der Waals surface area contributed by atoms with Crippen molar-refractivity contribution in [2.24, 2.45) is 0 Å². The van der Waals surface area contributed by atoms with E-state index in [-0.39, 0.29) is 30.8 Å². The summed E-state index contributed by atoms with van der Waals surface area (Å²) in [6, 6.07) is 0. The van der Waals surface area contributed by atoms with Crippen LogP contribution in [0.3, 0.4) is 0 Å². The van der Waals surface area contributed by atoms with Crippen molar-refractivity contribution in [3.63, 3.8) is 0 Å². The SMILES string of the molecule is Cc1csc(=O)n1CCN1CCC(O)(C(F)(F)F)CC1. The van der Waals surface area contributed by atoms with Crippen molar-refractivity contribution in [3.8, 4) is 0 Å². The molecule has 0 unspecified atom stereocenters. The van der Waals surface area contributed by atoms with Crippen LogP contribution >= 0.6 is 11.3 Å². The third kappa shape index (κ3) is 3.07. The first-order valence-corrected chi connectivity index (χ1v) is 7.27. The fraction of sp³-hybridized carbons (Fsp3) is 0.750. The Morgan fingerprint density at radius 2 is 1.95 bits per heavy atom. The summed E-state index contributed by atoms with van der Waals surface area (Å²) in [5.74, 6) is 0. The van der Waals surface area contributed by atoms with E-state index in [4.69, 9.17) is 0 Å². The maximum atomic E-state index is 12.7. The number of halogens is 3. The fourth-order valence-corrected chi connectivity index (χ4v) is 3.11. The van der Waals surface area contributed by atoms with Gasteiger partial charge in [-0.05, 0) is 19.8 Å². The number of nitrogens with zero attached hydrogens (tertiary/aromatic N) is 2. The Hall–Kier alpha value is -0.860. The zero-order valence-corrected chi connectivity index (χ0v) is 11.9. The maximum Gasteiger partial charge on any atom is 0.417 e. The molecule has 1 aliphatic rings. The number of aliphatic hydroxyl groups is 1. The molecule has 0 radical (unpaired) electrons. The third-order valence-corrected chi connectivity index (χ3v) is 4.71. The molecule has 4 nitrogen and oxygen atoms in total. The van der Waals surface area contributed by atoms with Gasteiger partial charge in [0.05, 0.1) is 0 Å². The second kappa shape index (κ2) is 5.50. The fourth-order valence-electron chi connectivity index (χ4n) is 2.35. The maximum absolute atomic E-state index is 12.7. The molecule has 8 heteroatoms. The van der Waals surface area contributed by atoms with E-state index in [1.54, 1.807) is 9.95 Å². The van der Waals surface area contributed by atoms with Crippen molar-refractivity contribution < 1.29 is 18.3 Å². The Kier molecular flexibility index (Phi) is 4.27. The number of alkyl halides is 3. The third-order valence-electron chi connectivity index (χ3n) is 3.83. The van der Waals surface area contributed by atoms with Gasteiger partial charge in [-0.15, -0.1) is 0 Å². The lowest BCUT2D eigenvalue weighted by Crippen LogP contribution is -2.53. The molecular formula is C12H17F3N2O2S. The van der Waals surface area contributed by atoms with Crippen molar-refractivity contribution in [2.75, 3.05) is 19.6 Å². The van der Waals surface area contributed by atoms with Gasteiger partial charge in [-0.1, -0.05) is 11.3 Å². The second-order valence-corrected chi connectivity index (χ2v) is 5.99. The van der Waals surface area contributed by atoms with Gasteiger partial charge >= 0.3 is 11.0 Å². The van der Waals surface area contributed by atoms with Gasteiger partial charge in [0, 0.05) is 37.3 Å². The lowest BCUT2D eigenvalue weighted by molar-refractivity contribution is -0.272. The number of hydrogen-bond acceptors (Lipinski definition) is 4. The summed E-state index contributed by atoms with van der Waals surface area (Å²) >= 11 is 1.12. The normalized spacial score (nSPS) is 20.2. The van der Waals surface area contributed by atoms with Crippen molar-refractivity contribution in [3.05, 3.63) is 20.7 Å². The first-order valence-electron chi connectivity index (χ1n) is 6.39. The summed E-state index contributed by atoms with van der Waals surface area (Å²) < 4.78 is 39.6. The van der Waals surface area contributed by atoms with E-state index < -0.39 is 11.8 Å². The van der Waals surface area contributed by atoms with E-state index in [2.05, 4.69) is 0 Å². The van der Waals surface area contributed by atoms with Crippen molar-refractivity contribution in [1.82, 2.24) is 9.47 Å². The molecule has 1 aliphatic heterocycles. The summed E-state index contributed by atoms with van der Waals surface area (Å²) in [5.41, 5.74) is -1.69. The predicted molar refractivity (Wildman–Crippen MR) is 70.0 cm³/mol. The number of thiazole rings is 1. The molecule has 1 N–H and O–H groups in total. The van der Waals surface area contributed by atoms with Crippen LogP contribution in [-0.4, -0.2) is 46.0 Å². The molecule has 0 spiro atoms. The van der Waals surface area contributed by atoms with E-state index in [9.17, 15) is 23.1 Å². The molecule has 20 heavy (non-hydrogen) atoms. The van der Waals surface area contributed by atoms with Gasteiger partial charge in [0.2, 0.25) is 0 Å². The van der Waals surface area contributed by atoms with Crippen molar-refractivity contribution >= 4 is 11.3 Å². The van der Waals surface area contributed by atoms with Crippen molar-refractivity contribution in [2.45, 2.75) is 38.1 Å². The van der Waals surface area contributed by atoms with Crippen LogP contribution in [0.25, 0.3) is 0 Å². The molecule has 2 rings (SSSR count). The zero-order valence-electron chi connectivity index (χ0n) is 11.1. The average Bonchev–Trinajstić information content (AvgIpc) is 2.67. The Morgan fingerprint density at radius 3 is 2.40 bits per heavy atom. The Balaban J connectivity index is 1.88. The number of aryl methyl sites for hydroxylation is 1. The number of rotatable bonds is 3. The van der Waals surface area contributed by atoms with Crippen LogP contribution in [0.1, 0.15) is 18.5 Å². The van der Waals surface area contributed by atoms with Crippen LogP contribution in [0, 0.1) is 6.92 Å². The lowest BCUT2D eigenvalue weighted by atomic mass is 9.91. The molecule has 0 atom stereocenters. The number of hydrogen-bond donors (Lipinski definition) is 1. The highest BCUT2D eigenvalue weighted by Gasteiger charge is 2.54. The van der Waals surface area contributed by atoms with Crippen molar-refractivity contribution in [1.29, 1.82) is 0 Å². The van der Waals surface area contributed by atoms with Gasteiger partial charge in [-0.3, -0.25) is 4.79 Å². The minimum Gasteiger partial charge on any atom is -0.380 e. The number of likely N-dealkylation sites (tertiary alicyclic amines) is 1. The summed E-state index contributed by atoms with van der Waals surface area (Å²) in [5, 5.41) is 11.3. The standard InChI is InChI=1S/C12H17F3N2O2S/c1-9-8-20-10(18)17(9)7-6-16-4-2-11(19,3-5-16)12(13,14)15/h8,19H,2-7H2,1H3. The molecule has 0 saturated carbocycles. The Bertz CT molecular complexity index is 516. The highest BCUT2D eigenvalue weighted by Crippen LogP contribution is 2.38. The number of aromatic nitrogens is 1. The molecule has 114 valence electrons. The highest BCUT2D eigenvalue weighted by atomic mass is 32.1. The first-order chi connectivity index (χ1) is 9.23. The molecule has 1 aromatic heterocycles. The Morgan fingerprint density at radius 1 is 1.35 bits per heavy atom. The van der Waals surface area contributed by atoms with Gasteiger partial charge in [-0.25, -0.2) is 0 Å². The van der Waals surface area contributed by atoms with Crippen LogP contribution < -0.4 is 4.87 Å². The van der Waals surface area contributed by atoms with Gasteiger partial charge in [0.25, 0.3) is 0 Å². The molecule has 1 saturated heterocycles. The molecule has 0 aromatic carbocycles. The molecule has 0 aliphatic carbocycles. The summed E-state index contributed by atoms with van der Waals surface area (Å²) in [4.78, 5) is 13.3. The van der Waals surface area contributed by atoms with Gasteiger partial charge in [0.1, 0.15) is 0 Å². The van der Waals surface area contributed by atoms with E-state index in [0.29, 0.717) is 13.1 Å². The predicted octanol–water partition coefficient (Wildman–Crippen LogP) is 1.61. The number of piperidine rings is 1. The second-order valence-electron chi connectivity index (χ2n) is 5.17. The topological polar surface area (TPSA) is 45.5 Å². The lowest BCUT2D eigenvalue weighted by Gasteiger charge is -2.39. The minimum atomic E-state index is -4.57. The van der Waals surface area contributed by atoms with Gasteiger partial charge < -0.3 is 14.6 Å². The van der Waals surface area contributed by atoms with Crippen LogP contribution in [0.4, 0.5) is 13.2 Å². The van der Waals surface area contributed by atoms with Crippen LogP contribution in [-0.2, 0) is 6.54 Å². The molecule has 2 heterocycles. The highest BCUT2D eigenvalue weighted by molar-refractivity contribution is 7.07. The minimum absolute atomic E-state index is 0.0497. The first kappa shape index (κ1) is 15.5. The average molecular weight is 310 g/mol. The van der Waals surface area contributed by atoms with E-state index in [0.717, 1.165) is 17.0 Å². The summed E-state index contributed by atoms with van der Waals surface area (Å²) in [7, 11) is 0. The van der Waals surface area contributed by atoms with Gasteiger partial charge in [0.15, 0.2) is 5.60 Å². The summed E-state index contributed by atoms with van der Waals surface area (Å²) in [6.07, 6.45) is -5.19. The summed E-state index contributed by atoms with van der Waals surface area (Å²) in [6.45, 7) is 3.20. The quantitative estimate of drug-likeness (QED) is 0.922. The Labute approximate surface area is 118 Å². The van der Waals surface area contributed by atoms with E-state index in [1.165, 1.54) is 0 Å². The zero-order chi connectivity index (χ0) is 15.0.